The van der Waals surface area contributed by atoms with Crippen LogP contribution < -0.4 is 10.6 Å². The van der Waals surface area contributed by atoms with E-state index in [1.807, 2.05) is 0 Å². The van der Waals surface area contributed by atoms with Crippen molar-refractivity contribution in [3.63, 3.8) is 0 Å². The van der Waals surface area contributed by atoms with E-state index in [0.29, 0.717) is 17.0 Å². The van der Waals surface area contributed by atoms with Crippen LogP contribution in [0.2, 0.25) is 5.02 Å². The zero-order valence-electron chi connectivity index (χ0n) is 13.5. The lowest BCUT2D eigenvalue weighted by Gasteiger charge is -2.07. The minimum Gasteiger partial charge on any atom is -0.352 e. The Morgan fingerprint density at radius 1 is 1.15 bits per heavy atom. The fourth-order valence-electron chi connectivity index (χ4n) is 2.09. The standard InChI is InChI=1S/C17H15ClFN3O4/c18-12-5-3-11(4-6-12)17(24)20-9-1-2-16(23)21-15-10-13(22(25)26)7-8-14(15)19/h3-8,10H,1-2,9H2,(H,20,24)(H,21,23). The zero-order chi connectivity index (χ0) is 19.1. The summed E-state index contributed by atoms with van der Waals surface area (Å²) in [7, 11) is 0. The number of benzene rings is 2. The highest BCUT2D eigenvalue weighted by Gasteiger charge is 2.13. The molecule has 9 heteroatoms. The Morgan fingerprint density at radius 3 is 2.50 bits per heavy atom. The number of nitro benzene ring substituents is 1. The first-order valence-electron chi connectivity index (χ1n) is 7.64. The Hall–Kier alpha value is -3.00. The first-order valence-corrected chi connectivity index (χ1v) is 8.02. The molecule has 0 aliphatic carbocycles. The molecular formula is C17H15ClFN3O4. The molecule has 0 radical (unpaired) electrons. The predicted octanol–water partition coefficient (Wildman–Crippen LogP) is 3.54. The fourth-order valence-corrected chi connectivity index (χ4v) is 2.22. The Kier molecular flexibility index (Phi) is 6.62. The van der Waals surface area contributed by atoms with Crippen molar-refractivity contribution in [3.05, 3.63) is 69.0 Å². The first kappa shape index (κ1) is 19.3. The molecule has 0 saturated heterocycles. The summed E-state index contributed by atoms with van der Waals surface area (Å²) in [6.45, 7) is 0.242. The van der Waals surface area contributed by atoms with Crippen molar-refractivity contribution in [1.82, 2.24) is 5.32 Å². The van der Waals surface area contributed by atoms with E-state index in [4.69, 9.17) is 11.6 Å². The lowest BCUT2D eigenvalue weighted by molar-refractivity contribution is -0.384. The smallest absolute Gasteiger partial charge is 0.271 e. The Bertz CT molecular complexity index is 827. The van der Waals surface area contributed by atoms with E-state index in [0.717, 1.165) is 18.2 Å². The number of nitro groups is 1. The Labute approximate surface area is 153 Å². The van der Waals surface area contributed by atoms with Crippen LogP contribution in [0.1, 0.15) is 23.2 Å². The van der Waals surface area contributed by atoms with Crippen LogP contribution in [0.5, 0.6) is 0 Å². The maximum absolute atomic E-state index is 13.6. The van der Waals surface area contributed by atoms with Gasteiger partial charge in [0.2, 0.25) is 5.91 Å². The molecule has 0 spiro atoms. The number of anilines is 1. The summed E-state index contributed by atoms with van der Waals surface area (Å²) >= 11 is 5.74. The van der Waals surface area contributed by atoms with E-state index in [-0.39, 0.29) is 30.2 Å². The largest absolute Gasteiger partial charge is 0.352 e. The van der Waals surface area contributed by atoms with Crippen LogP contribution in [0.3, 0.4) is 0 Å². The highest BCUT2D eigenvalue weighted by molar-refractivity contribution is 6.30. The maximum atomic E-state index is 13.6. The van der Waals surface area contributed by atoms with Gasteiger partial charge in [-0.05, 0) is 36.8 Å². The molecule has 0 bridgehead atoms. The number of rotatable bonds is 7. The minimum atomic E-state index is -0.764. The summed E-state index contributed by atoms with van der Waals surface area (Å²) in [5.74, 6) is -1.57. The van der Waals surface area contributed by atoms with Gasteiger partial charge in [0.1, 0.15) is 5.82 Å². The van der Waals surface area contributed by atoms with Gasteiger partial charge in [-0.1, -0.05) is 11.6 Å². The average Bonchev–Trinajstić information content (AvgIpc) is 2.61. The number of hydrogen-bond donors (Lipinski definition) is 2. The summed E-state index contributed by atoms with van der Waals surface area (Å²) in [5.41, 5.74) is -0.135. The van der Waals surface area contributed by atoms with Crippen molar-refractivity contribution in [2.75, 3.05) is 11.9 Å². The van der Waals surface area contributed by atoms with E-state index >= 15 is 0 Å². The summed E-state index contributed by atoms with van der Waals surface area (Å²) in [6, 6.07) is 9.23. The zero-order valence-corrected chi connectivity index (χ0v) is 14.3. The normalized spacial score (nSPS) is 10.2. The molecule has 2 N–H and O–H groups in total. The minimum absolute atomic E-state index is 0.0169. The topological polar surface area (TPSA) is 101 Å². The molecule has 0 aliphatic heterocycles. The van der Waals surface area contributed by atoms with Gasteiger partial charge in [-0.3, -0.25) is 19.7 Å². The van der Waals surface area contributed by atoms with Crippen molar-refractivity contribution < 1.29 is 18.9 Å². The molecule has 0 atom stereocenters. The van der Waals surface area contributed by atoms with Gasteiger partial charge in [-0.25, -0.2) is 4.39 Å². The number of amides is 2. The number of nitrogens with zero attached hydrogens (tertiary/aromatic N) is 1. The fraction of sp³-hybridized carbons (Fsp3) is 0.176. The SMILES string of the molecule is O=C(CCCNC(=O)c1ccc(Cl)cc1)Nc1cc([N+](=O)[O-])ccc1F. The molecule has 0 heterocycles. The molecule has 0 fully saturated rings. The van der Waals surface area contributed by atoms with Crippen LogP contribution in [0.4, 0.5) is 15.8 Å². The molecule has 2 aromatic carbocycles. The molecule has 2 amide bonds. The van der Waals surface area contributed by atoms with E-state index in [1.165, 1.54) is 0 Å². The Morgan fingerprint density at radius 2 is 1.85 bits per heavy atom. The van der Waals surface area contributed by atoms with Gasteiger partial charge >= 0.3 is 0 Å². The van der Waals surface area contributed by atoms with Gasteiger partial charge in [0.05, 0.1) is 10.6 Å². The number of non-ortho nitro benzene ring substituents is 1. The van der Waals surface area contributed by atoms with Gasteiger partial charge in [0.25, 0.3) is 11.6 Å². The summed E-state index contributed by atoms with van der Waals surface area (Å²) in [5, 5.41) is 16.1. The van der Waals surface area contributed by atoms with E-state index in [9.17, 15) is 24.1 Å². The van der Waals surface area contributed by atoms with Crippen LogP contribution in [-0.2, 0) is 4.79 Å². The highest BCUT2D eigenvalue weighted by Crippen LogP contribution is 2.21. The van der Waals surface area contributed by atoms with Gasteiger partial charge in [-0.2, -0.15) is 0 Å². The summed E-state index contributed by atoms with van der Waals surface area (Å²) < 4.78 is 13.6. The average molecular weight is 380 g/mol. The third-order valence-corrected chi connectivity index (χ3v) is 3.66. The second kappa shape index (κ2) is 8.91. The van der Waals surface area contributed by atoms with Crippen LogP contribution in [0.15, 0.2) is 42.5 Å². The van der Waals surface area contributed by atoms with Crippen molar-refractivity contribution in [1.29, 1.82) is 0 Å². The summed E-state index contributed by atoms with van der Waals surface area (Å²) in [6.07, 6.45) is 0.338. The quantitative estimate of drug-likeness (QED) is 0.436. The van der Waals surface area contributed by atoms with Gasteiger partial charge in [-0.15, -0.1) is 0 Å². The molecule has 0 aromatic heterocycles. The van der Waals surface area contributed by atoms with Gasteiger partial charge in [0.15, 0.2) is 0 Å². The second-order valence-corrected chi connectivity index (χ2v) is 5.77. The lowest BCUT2D eigenvalue weighted by atomic mass is 10.2. The molecule has 26 heavy (non-hydrogen) atoms. The number of carbonyl (C=O) groups excluding carboxylic acids is 2. The Balaban J connectivity index is 1.79. The molecular weight excluding hydrogens is 365 g/mol. The van der Waals surface area contributed by atoms with Crippen molar-refractivity contribution in [2.45, 2.75) is 12.8 Å². The van der Waals surface area contributed by atoms with Crippen LogP contribution in [0.25, 0.3) is 0 Å². The molecule has 7 nitrogen and oxygen atoms in total. The first-order chi connectivity index (χ1) is 12.4. The van der Waals surface area contributed by atoms with Gasteiger partial charge < -0.3 is 10.6 Å². The third-order valence-electron chi connectivity index (χ3n) is 3.41. The second-order valence-electron chi connectivity index (χ2n) is 5.34. The van der Waals surface area contributed by atoms with Gasteiger partial charge in [0, 0.05) is 35.7 Å². The highest BCUT2D eigenvalue weighted by atomic mass is 35.5. The molecule has 0 aliphatic rings. The number of hydrogen-bond acceptors (Lipinski definition) is 4. The van der Waals surface area contributed by atoms with E-state index in [1.54, 1.807) is 24.3 Å². The van der Waals surface area contributed by atoms with Crippen molar-refractivity contribution in [2.24, 2.45) is 0 Å². The van der Waals surface area contributed by atoms with Crippen LogP contribution in [0, 0.1) is 15.9 Å². The van der Waals surface area contributed by atoms with Crippen LogP contribution in [-0.4, -0.2) is 23.3 Å². The number of carbonyl (C=O) groups is 2. The monoisotopic (exact) mass is 379 g/mol. The molecule has 136 valence electrons. The maximum Gasteiger partial charge on any atom is 0.271 e. The molecule has 2 aromatic rings. The molecule has 2 rings (SSSR count). The third kappa shape index (κ3) is 5.52. The van der Waals surface area contributed by atoms with Crippen LogP contribution >= 0.6 is 11.6 Å². The number of halogens is 2. The number of nitrogens with one attached hydrogen (secondary N) is 2. The van der Waals surface area contributed by atoms with E-state index in [2.05, 4.69) is 10.6 Å². The lowest BCUT2D eigenvalue weighted by Crippen LogP contribution is -2.25. The van der Waals surface area contributed by atoms with E-state index < -0.39 is 16.6 Å². The van der Waals surface area contributed by atoms with Crippen molar-refractivity contribution in [3.8, 4) is 0 Å². The predicted molar refractivity (Wildman–Crippen MR) is 94.7 cm³/mol. The van der Waals surface area contributed by atoms with Crippen molar-refractivity contribution >= 4 is 34.8 Å². The molecule has 0 saturated carbocycles. The molecule has 0 unspecified atom stereocenters. The summed E-state index contributed by atoms with van der Waals surface area (Å²) in [4.78, 5) is 33.7.